The molecule has 98 valence electrons. The molecule has 0 saturated heterocycles. The van der Waals surface area contributed by atoms with Crippen molar-refractivity contribution in [3.8, 4) is 0 Å². The molecule has 0 aliphatic rings. The van der Waals surface area contributed by atoms with E-state index >= 15 is 0 Å². The molecule has 0 unspecified atom stereocenters. The molecule has 0 fully saturated rings. The fourth-order valence-corrected chi connectivity index (χ4v) is 3.02. The van der Waals surface area contributed by atoms with Gasteiger partial charge in [-0.3, -0.25) is 0 Å². The highest BCUT2D eigenvalue weighted by atomic mass is 79.9. The highest BCUT2D eigenvalue weighted by molar-refractivity contribution is 9.10. The summed E-state index contributed by atoms with van der Waals surface area (Å²) in [4.78, 5) is 9.66. The molecule has 0 aliphatic heterocycles. The van der Waals surface area contributed by atoms with Gasteiger partial charge in [-0.1, -0.05) is 0 Å². The van der Waals surface area contributed by atoms with Crippen LogP contribution in [0.2, 0.25) is 0 Å². The Hall–Kier alpha value is -1.47. The molecule has 7 heteroatoms. The Morgan fingerprint density at radius 2 is 2.26 bits per heavy atom. The van der Waals surface area contributed by atoms with E-state index in [1.165, 1.54) is 6.07 Å². The van der Waals surface area contributed by atoms with Crippen molar-refractivity contribution in [2.75, 3.05) is 5.73 Å². The molecule has 0 aliphatic carbocycles. The number of nitrogen functional groups attached to an aromatic ring is 1. The average molecular weight is 341 g/mol. The van der Waals surface area contributed by atoms with Gasteiger partial charge in [0.1, 0.15) is 10.8 Å². The maximum absolute atomic E-state index is 13.6. The third-order valence-electron chi connectivity index (χ3n) is 2.78. The molecule has 0 radical (unpaired) electrons. The van der Waals surface area contributed by atoms with E-state index < -0.39 is 0 Å². The van der Waals surface area contributed by atoms with Gasteiger partial charge in [-0.25, -0.2) is 14.4 Å². The fourth-order valence-electron chi connectivity index (χ4n) is 1.91. The maximum atomic E-state index is 13.6. The molecular weight excluding hydrogens is 331 g/mol. The molecule has 0 amide bonds. The first-order chi connectivity index (χ1) is 9.04. The number of imidazole rings is 1. The zero-order valence-corrected chi connectivity index (χ0v) is 12.4. The number of nitrogens with zero attached hydrogens (tertiary/aromatic N) is 3. The lowest BCUT2D eigenvalue weighted by Gasteiger charge is -2.04. The van der Waals surface area contributed by atoms with Crippen molar-refractivity contribution in [2.45, 2.75) is 13.5 Å². The minimum atomic E-state index is -0.330. The van der Waals surface area contributed by atoms with Gasteiger partial charge in [-0.05, 0) is 28.9 Å². The summed E-state index contributed by atoms with van der Waals surface area (Å²) < 4.78 is 15.8. The third kappa shape index (κ3) is 2.23. The van der Waals surface area contributed by atoms with Gasteiger partial charge in [-0.2, -0.15) is 0 Å². The summed E-state index contributed by atoms with van der Waals surface area (Å²) in [5.74, 6) is 0.0318. The summed E-state index contributed by atoms with van der Waals surface area (Å²) in [6.45, 7) is 2.50. The molecule has 3 aromatic rings. The van der Waals surface area contributed by atoms with E-state index in [0.29, 0.717) is 28.0 Å². The molecule has 0 saturated carbocycles. The Kier molecular flexibility index (Phi) is 3.02. The van der Waals surface area contributed by atoms with Gasteiger partial charge in [0.15, 0.2) is 0 Å². The second kappa shape index (κ2) is 4.57. The van der Waals surface area contributed by atoms with Crippen LogP contribution in [0.1, 0.15) is 9.88 Å². The van der Waals surface area contributed by atoms with Crippen LogP contribution in [0.4, 0.5) is 10.3 Å². The fraction of sp³-hybridized carbons (Fsp3) is 0.167. The van der Waals surface area contributed by atoms with Crippen LogP contribution in [0.3, 0.4) is 0 Å². The number of hydrogen-bond acceptors (Lipinski definition) is 4. The zero-order chi connectivity index (χ0) is 13.6. The van der Waals surface area contributed by atoms with Gasteiger partial charge in [0, 0.05) is 17.1 Å². The first kappa shape index (κ1) is 12.6. The summed E-state index contributed by atoms with van der Waals surface area (Å²) in [5.41, 5.74) is 7.24. The largest absolute Gasteiger partial charge is 0.369 e. The average Bonchev–Trinajstić information content (AvgIpc) is 2.87. The number of hydrogen-bond donors (Lipinski definition) is 1. The summed E-state index contributed by atoms with van der Waals surface area (Å²) in [6.07, 6.45) is 1.81. The van der Waals surface area contributed by atoms with Crippen molar-refractivity contribution in [2.24, 2.45) is 0 Å². The molecule has 2 aromatic heterocycles. The number of thiazole rings is 1. The van der Waals surface area contributed by atoms with E-state index in [1.807, 2.05) is 13.1 Å². The molecule has 19 heavy (non-hydrogen) atoms. The Balaban J connectivity index is 2.12. The van der Waals surface area contributed by atoms with E-state index in [1.54, 1.807) is 22.0 Å². The minimum absolute atomic E-state index is 0.330. The van der Waals surface area contributed by atoms with Gasteiger partial charge in [-0.15, -0.1) is 11.3 Å². The van der Waals surface area contributed by atoms with Crippen LogP contribution in [-0.4, -0.2) is 14.5 Å². The number of halogens is 2. The molecule has 3 rings (SSSR count). The summed E-state index contributed by atoms with van der Waals surface area (Å²) in [6, 6.07) is 3.06. The highest BCUT2D eigenvalue weighted by Gasteiger charge is 2.13. The van der Waals surface area contributed by atoms with Gasteiger partial charge >= 0.3 is 0 Å². The summed E-state index contributed by atoms with van der Waals surface area (Å²) >= 11 is 4.74. The van der Waals surface area contributed by atoms with Gasteiger partial charge in [0.2, 0.25) is 5.95 Å². The van der Waals surface area contributed by atoms with Crippen molar-refractivity contribution in [3.63, 3.8) is 0 Å². The molecule has 0 atom stereocenters. The van der Waals surface area contributed by atoms with Gasteiger partial charge in [0.05, 0.1) is 22.1 Å². The lowest BCUT2D eigenvalue weighted by Crippen LogP contribution is -2.04. The number of aromatic nitrogens is 3. The van der Waals surface area contributed by atoms with Crippen LogP contribution in [0, 0.1) is 12.7 Å². The van der Waals surface area contributed by atoms with Crippen molar-refractivity contribution in [3.05, 3.63) is 38.5 Å². The van der Waals surface area contributed by atoms with Crippen molar-refractivity contribution in [1.29, 1.82) is 0 Å². The molecule has 4 nitrogen and oxygen atoms in total. The number of aryl methyl sites for hydroxylation is 1. The first-order valence-corrected chi connectivity index (χ1v) is 7.17. The van der Waals surface area contributed by atoms with Crippen LogP contribution in [0.25, 0.3) is 11.0 Å². The smallest absolute Gasteiger partial charge is 0.201 e. The van der Waals surface area contributed by atoms with Crippen molar-refractivity contribution >= 4 is 44.2 Å². The maximum Gasteiger partial charge on any atom is 0.201 e. The van der Waals surface area contributed by atoms with E-state index in [-0.39, 0.29) is 5.82 Å². The van der Waals surface area contributed by atoms with Crippen LogP contribution in [0.15, 0.2) is 22.8 Å². The van der Waals surface area contributed by atoms with Crippen LogP contribution < -0.4 is 5.73 Å². The van der Waals surface area contributed by atoms with Crippen molar-refractivity contribution < 1.29 is 4.39 Å². The lowest BCUT2D eigenvalue weighted by atomic mass is 10.3. The third-order valence-corrected chi connectivity index (χ3v) is 4.29. The highest BCUT2D eigenvalue weighted by Crippen LogP contribution is 2.26. The van der Waals surface area contributed by atoms with Gasteiger partial charge in [0.25, 0.3) is 0 Å². The lowest BCUT2D eigenvalue weighted by molar-refractivity contribution is 0.622. The standard InChI is InChI=1S/C12H10BrFN4S/c1-6-4-16-11(19-6)5-18-10-3-8(14)7(13)2-9(10)17-12(18)15/h2-4H,5H2,1H3,(H2,15,17). The Morgan fingerprint density at radius 3 is 2.95 bits per heavy atom. The summed E-state index contributed by atoms with van der Waals surface area (Å²) in [7, 11) is 0. The van der Waals surface area contributed by atoms with Crippen LogP contribution in [-0.2, 0) is 6.54 Å². The number of rotatable bonds is 2. The molecule has 0 bridgehead atoms. The van der Waals surface area contributed by atoms with Crippen LogP contribution >= 0.6 is 27.3 Å². The Labute approximate surface area is 121 Å². The monoisotopic (exact) mass is 340 g/mol. The van der Waals surface area contributed by atoms with Crippen LogP contribution in [0.5, 0.6) is 0 Å². The zero-order valence-electron chi connectivity index (χ0n) is 10.0. The number of fused-ring (bicyclic) bond motifs is 1. The molecule has 2 N–H and O–H groups in total. The van der Waals surface area contributed by atoms with Crippen molar-refractivity contribution in [1.82, 2.24) is 14.5 Å². The second-order valence-corrected chi connectivity index (χ2v) is 6.35. The molecular formula is C12H10BrFN4S. The molecule has 2 heterocycles. The van der Waals surface area contributed by atoms with E-state index in [2.05, 4.69) is 25.9 Å². The predicted octanol–water partition coefficient (Wildman–Crippen LogP) is 3.33. The molecule has 0 spiro atoms. The SMILES string of the molecule is Cc1cnc(Cn2c(N)nc3cc(Br)c(F)cc32)s1. The first-order valence-electron chi connectivity index (χ1n) is 5.56. The Morgan fingerprint density at radius 1 is 1.47 bits per heavy atom. The second-order valence-electron chi connectivity index (χ2n) is 4.18. The topological polar surface area (TPSA) is 56.7 Å². The van der Waals surface area contributed by atoms with E-state index in [9.17, 15) is 4.39 Å². The number of nitrogens with two attached hydrogens (primary N) is 1. The Bertz CT molecular complexity index is 765. The summed E-state index contributed by atoms with van der Waals surface area (Å²) in [5, 5.41) is 0.923. The van der Waals surface area contributed by atoms with Gasteiger partial charge < -0.3 is 10.3 Å². The number of anilines is 1. The quantitative estimate of drug-likeness (QED) is 0.778. The van der Waals surface area contributed by atoms with E-state index in [0.717, 1.165) is 9.88 Å². The number of benzene rings is 1. The molecule has 1 aromatic carbocycles. The minimum Gasteiger partial charge on any atom is -0.369 e. The predicted molar refractivity (Wildman–Crippen MR) is 77.8 cm³/mol. The van der Waals surface area contributed by atoms with E-state index in [4.69, 9.17) is 5.73 Å². The normalized spacial score (nSPS) is 11.3.